The second-order valence-corrected chi connectivity index (χ2v) is 29.9. The molecule has 3 saturated heterocycles. The van der Waals surface area contributed by atoms with Gasteiger partial charge in [-0.15, -0.1) is 0 Å². The van der Waals surface area contributed by atoms with Crippen molar-refractivity contribution in [2.24, 2.45) is 0 Å². The van der Waals surface area contributed by atoms with Crippen LogP contribution in [0.5, 0.6) is 0 Å². The van der Waals surface area contributed by atoms with E-state index >= 15 is 0 Å². The molecule has 17 atom stereocenters. The van der Waals surface area contributed by atoms with Crippen LogP contribution >= 0.6 is 0 Å². The van der Waals surface area contributed by atoms with Crippen LogP contribution in [0.25, 0.3) is 0 Å². The minimum atomic E-state index is -1.98. The average molecular weight is 1500 g/mol. The number of carbonyl (C=O) groups is 1. The Kier molecular flexibility index (Phi) is 60.6. The van der Waals surface area contributed by atoms with Gasteiger partial charge in [-0.05, 0) is 77.0 Å². The van der Waals surface area contributed by atoms with E-state index in [1.807, 2.05) is 0 Å². The van der Waals surface area contributed by atoms with Crippen LogP contribution in [0.15, 0.2) is 97.2 Å². The average Bonchev–Trinajstić information content (AvgIpc) is 0.780. The van der Waals surface area contributed by atoms with Crippen molar-refractivity contribution in [3.05, 3.63) is 97.2 Å². The highest BCUT2D eigenvalue weighted by molar-refractivity contribution is 5.76. The standard InChI is InChI=1S/C87H153NO18/c1-3-5-7-9-11-13-15-17-19-21-23-25-26-27-28-29-30-31-32-33-34-35-36-37-38-39-40-41-42-43-44-45-47-49-51-53-55-57-59-61-63-65-75(93)88-70(71(92)64-62-60-58-56-54-52-50-48-46-24-22-20-18-16-14-12-10-8-6-4-2)69-101-85-81(99)78(96)83(73(67-90)103-85)106-87-82(100)79(97)84(74(68-91)104-87)105-86-80(98)77(95)76(94)72(66-89)102-86/h5,7,11,13,17,19,23,25,27-28,30-31,33-34,36-37,70-74,76-87,89-92,94-100H,3-4,6,8-10,12,14-16,18,20-22,24,26,29,32,35,38-69H2,1-2H3,(H,88,93)/b7-5-,13-11-,19-17-,25-23-,28-27-,31-30-,34-33-,37-36-. The highest BCUT2D eigenvalue weighted by atomic mass is 16.8. The van der Waals surface area contributed by atoms with E-state index < -0.39 is 124 Å². The molecule has 19 heteroatoms. The van der Waals surface area contributed by atoms with E-state index in [1.54, 1.807) is 0 Å². The molecule has 3 fully saturated rings. The predicted molar refractivity (Wildman–Crippen MR) is 424 cm³/mol. The van der Waals surface area contributed by atoms with Gasteiger partial charge in [0.1, 0.15) is 73.2 Å². The van der Waals surface area contributed by atoms with Gasteiger partial charge in [0.15, 0.2) is 18.9 Å². The van der Waals surface area contributed by atoms with Crippen molar-refractivity contribution in [1.82, 2.24) is 5.32 Å². The van der Waals surface area contributed by atoms with Crippen LogP contribution in [0.4, 0.5) is 0 Å². The Hall–Kier alpha value is -3.29. The lowest BCUT2D eigenvalue weighted by atomic mass is 9.96. The Morgan fingerprint density at radius 2 is 0.651 bits per heavy atom. The second-order valence-electron chi connectivity index (χ2n) is 29.9. The van der Waals surface area contributed by atoms with E-state index in [1.165, 1.54) is 186 Å². The fraction of sp³-hybridized carbons (Fsp3) is 0.805. The number of hydrogen-bond donors (Lipinski definition) is 12. The molecule has 3 aliphatic heterocycles. The number of aliphatic hydroxyl groups is 11. The van der Waals surface area contributed by atoms with Crippen LogP contribution in [0.2, 0.25) is 0 Å². The summed E-state index contributed by atoms with van der Waals surface area (Å²) in [4.78, 5) is 13.5. The Morgan fingerprint density at radius 3 is 1.02 bits per heavy atom. The van der Waals surface area contributed by atoms with E-state index in [-0.39, 0.29) is 18.9 Å². The molecule has 19 nitrogen and oxygen atoms in total. The van der Waals surface area contributed by atoms with Crippen LogP contribution in [0.1, 0.15) is 316 Å². The molecular formula is C87H153NO18. The molecule has 3 aliphatic rings. The lowest BCUT2D eigenvalue weighted by molar-refractivity contribution is -0.379. The number of ether oxygens (including phenoxy) is 6. The van der Waals surface area contributed by atoms with Gasteiger partial charge in [0, 0.05) is 6.42 Å². The third kappa shape index (κ3) is 45.3. The molecule has 3 rings (SSSR count). The number of unbranched alkanes of at least 4 members (excludes halogenated alkanes) is 35. The van der Waals surface area contributed by atoms with E-state index in [2.05, 4.69) is 116 Å². The number of allylic oxidation sites excluding steroid dienone is 16. The van der Waals surface area contributed by atoms with Crippen molar-refractivity contribution in [2.45, 2.75) is 420 Å². The Bertz CT molecular complexity index is 2290. The van der Waals surface area contributed by atoms with Crippen molar-refractivity contribution < 1.29 is 89.4 Å². The van der Waals surface area contributed by atoms with Crippen molar-refractivity contribution in [1.29, 1.82) is 0 Å². The van der Waals surface area contributed by atoms with Gasteiger partial charge in [0.05, 0.1) is 38.6 Å². The Labute approximate surface area is 641 Å². The number of amides is 1. The molecule has 0 aliphatic carbocycles. The number of rotatable bonds is 67. The van der Waals surface area contributed by atoms with E-state index in [9.17, 15) is 61.0 Å². The van der Waals surface area contributed by atoms with Gasteiger partial charge >= 0.3 is 0 Å². The Morgan fingerprint density at radius 1 is 0.349 bits per heavy atom. The molecule has 106 heavy (non-hydrogen) atoms. The third-order valence-corrected chi connectivity index (χ3v) is 20.7. The summed E-state index contributed by atoms with van der Waals surface area (Å²) in [6.45, 7) is 1.72. The SMILES string of the molecule is CC/C=C\C/C=C\C/C=C\C/C=C\C/C=C\C/C=C\C/C=C\C/C=C\CCCCCCCCCCCCCCCCCCC(=O)NC(COC1OC(CO)C(OC2OC(CO)C(OC3OC(CO)C(O)C(O)C3O)C(O)C2O)C(O)C1O)C(O)CCCCCCCCCCCCCCCCCCCCCC. The number of carbonyl (C=O) groups excluding carboxylic acids is 1. The van der Waals surface area contributed by atoms with E-state index in [0.717, 1.165) is 96.3 Å². The molecule has 0 aromatic rings. The van der Waals surface area contributed by atoms with Gasteiger partial charge in [-0.3, -0.25) is 4.79 Å². The molecule has 12 N–H and O–H groups in total. The first-order valence-corrected chi connectivity index (χ1v) is 42.5. The van der Waals surface area contributed by atoms with Crippen LogP contribution in [0, 0.1) is 0 Å². The predicted octanol–water partition coefficient (Wildman–Crippen LogP) is 15.1. The minimum Gasteiger partial charge on any atom is -0.394 e. The zero-order valence-electron chi connectivity index (χ0n) is 65.9. The molecule has 0 aromatic heterocycles. The molecule has 614 valence electrons. The summed E-state index contributed by atoms with van der Waals surface area (Å²) in [7, 11) is 0. The minimum absolute atomic E-state index is 0.241. The summed E-state index contributed by atoms with van der Waals surface area (Å²) >= 11 is 0. The summed E-state index contributed by atoms with van der Waals surface area (Å²) < 4.78 is 34.5. The molecule has 0 bridgehead atoms. The van der Waals surface area contributed by atoms with Crippen LogP contribution < -0.4 is 5.32 Å². The van der Waals surface area contributed by atoms with Crippen LogP contribution in [-0.2, 0) is 33.2 Å². The normalized spacial score (nSPS) is 26.1. The van der Waals surface area contributed by atoms with Gasteiger partial charge in [0.25, 0.3) is 0 Å². The zero-order chi connectivity index (χ0) is 76.7. The van der Waals surface area contributed by atoms with Gasteiger partial charge in [-0.2, -0.15) is 0 Å². The highest BCUT2D eigenvalue weighted by Crippen LogP contribution is 2.33. The maximum absolute atomic E-state index is 13.5. The van der Waals surface area contributed by atoms with Gasteiger partial charge < -0.3 is 89.9 Å². The fourth-order valence-corrected chi connectivity index (χ4v) is 13.9. The first-order valence-electron chi connectivity index (χ1n) is 42.5. The maximum Gasteiger partial charge on any atom is 0.220 e. The topological polar surface area (TPSA) is 307 Å². The van der Waals surface area contributed by atoms with Crippen molar-refractivity contribution in [2.75, 3.05) is 26.4 Å². The summed E-state index contributed by atoms with van der Waals surface area (Å²) in [5, 5.41) is 121. The van der Waals surface area contributed by atoms with Crippen LogP contribution in [0.3, 0.4) is 0 Å². The number of aliphatic hydroxyl groups excluding tert-OH is 11. The largest absolute Gasteiger partial charge is 0.394 e. The van der Waals surface area contributed by atoms with E-state index in [0.29, 0.717) is 12.8 Å². The summed E-state index contributed by atoms with van der Waals surface area (Å²) in [6, 6.07) is -0.892. The molecule has 3 heterocycles. The smallest absolute Gasteiger partial charge is 0.220 e. The fourth-order valence-electron chi connectivity index (χ4n) is 13.9. The van der Waals surface area contributed by atoms with Crippen molar-refractivity contribution in [3.63, 3.8) is 0 Å². The van der Waals surface area contributed by atoms with Crippen LogP contribution in [-0.4, -0.2) is 193 Å². The Balaban J connectivity index is 1.31. The molecule has 0 aromatic carbocycles. The molecule has 1 amide bonds. The number of nitrogens with one attached hydrogen (secondary N) is 1. The first kappa shape index (κ1) is 96.9. The lowest BCUT2D eigenvalue weighted by Crippen LogP contribution is -2.66. The first-order chi connectivity index (χ1) is 51.8. The van der Waals surface area contributed by atoms with Gasteiger partial charge in [-0.1, -0.05) is 329 Å². The molecule has 0 radical (unpaired) electrons. The zero-order valence-corrected chi connectivity index (χ0v) is 65.9. The molecular weight excluding hydrogens is 1350 g/mol. The number of hydrogen-bond acceptors (Lipinski definition) is 18. The summed E-state index contributed by atoms with van der Waals surface area (Å²) in [5.74, 6) is -0.241. The quantitative estimate of drug-likeness (QED) is 0.0199. The maximum atomic E-state index is 13.5. The highest BCUT2D eigenvalue weighted by Gasteiger charge is 2.54. The van der Waals surface area contributed by atoms with Gasteiger partial charge in [0.2, 0.25) is 5.91 Å². The van der Waals surface area contributed by atoms with E-state index in [4.69, 9.17) is 28.4 Å². The summed E-state index contributed by atoms with van der Waals surface area (Å²) in [6.07, 6.45) is 63.5. The molecule has 0 spiro atoms. The third-order valence-electron chi connectivity index (χ3n) is 20.7. The monoisotopic (exact) mass is 1500 g/mol. The van der Waals surface area contributed by atoms with Gasteiger partial charge in [-0.25, -0.2) is 0 Å². The lowest BCUT2D eigenvalue weighted by Gasteiger charge is -2.48. The molecule has 0 saturated carbocycles. The molecule has 17 unspecified atom stereocenters. The van der Waals surface area contributed by atoms with Crippen molar-refractivity contribution >= 4 is 5.91 Å². The second kappa shape index (κ2) is 66.3. The summed E-state index contributed by atoms with van der Waals surface area (Å²) in [5.41, 5.74) is 0. The van der Waals surface area contributed by atoms with Crippen molar-refractivity contribution in [3.8, 4) is 0 Å².